The molecule has 4 heteroatoms. The third-order valence-electron chi connectivity index (χ3n) is 3.22. The quantitative estimate of drug-likeness (QED) is 0.773. The summed E-state index contributed by atoms with van der Waals surface area (Å²) < 4.78 is 5.29. The van der Waals surface area contributed by atoms with Gasteiger partial charge in [0.15, 0.2) is 0 Å². The summed E-state index contributed by atoms with van der Waals surface area (Å²) in [6.45, 7) is 2.82. The molecule has 0 saturated heterocycles. The van der Waals surface area contributed by atoms with Crippen LogP contribution >= 0.6 is 0 Å². The third-order valence-corrected chi connectivity index (χ3v) is 3.22. The topological polar surface area (TPSA) is 51.0 Å². The highest BCUT2D eigenvalue weighted by Gasteiger charge is 2.07. The largest absolute Gasteiger partial charge is 0.385 e. The number of aryl methyl sites for hydroxylation is 1. The van der Waals surface area contributed by atoms with Crippen molar-refractivity contribution in [2.24, 2.45) is 0 Å². The molecule has 0 spiro atoms. The van der Waals surface area contributed by atoms with E-state index in [0.29, 0.717) is 18.1 Å². The zero-order valence-corrected chi connectivity index (χ0v) is 11.9. The van der Waals surface area contributed by atoms with Crippen molar-refractivity contribution in [3.05, 3.63) is 66.1 Å². The molecule has 0 aliphatic heterocycles. The normalized spacial score (nSPS) is 10.5. The molecule has 0 radical (unpaired) electrons. The number of nitrogens with zero attached hydrogens (tertiary/aromatic N) is 2. The van der Waals surface area contributed by atoms with Gasteiger partial charge in [-0.25, -0.2) is 0 Å². The molecule has 1 N–H and O–H groups in total. The summed E-state index contributed by atoms with van der Waals surface area (Å²) in [6, 6.07) is 18.2. The maximum absolute atomic E-state index is 5.29. The van der Waals surface area contributed by atoms with Crippen molar-refractivity contribution in [2.45, 2.75) is 13.3 Å². The van der Waals surface area contributed by atoms with Gasteiger partial charge in [-0.15, -0.1) is 0 Å². The second kappa shape index (κ2) is 6.22. The van der Waals surface area contributed by atoms with Gasteiger partial charge in [0.2, 0.25) is 11.7 Å². The predicted molar refractivity (Wildman–Crippen MR) is 83.1 cm³/mol. The molecule has 2 aromatic carbocycles. The van der Waals surface area contributed by atoms with Gasteiger partial charge in [-0.3, -0.25) is 0 Å². The maximum Gasteiger partial charge on any atom is 0.228 e. The Morgan fingerprint density at radius 1 is 1.00 bits per heavy atom. The van der Waals surface area contributed by atoms with Crippen molar-refractivity contribution in [1.82, 2.24) is 10.1 Å². The number of nitrogens with one attached hydrogen (secondary N) is 1. The lowest BCUT2D eigenvalue weighted by molar-refractivity contribution is 0.381. The number of rotatable bonds is 5. The number of anilines is 1. The number of aromatic nitrogens is 2. The fraction of sp³-hybridized carbons (Fsp3) is 0.176. The van der Waals surface area contributed by atoms with E-state index in [-0.39, 0.29) is 0 Å². The maximum atomic E-state index is 5.29. The summed E-state index contributed by atoms with van der Waals surface area (Å²) in [5, 5.41) is 7.35. The Labute approximate surface area is 123 Å². The summed E-state index contributed by atoms with van der Waals surface area (Å²) in [7, 11) is 0. The van der Waals surface area contributed by atoms with Crippen LogP contribution in [0.5, 0.6) is 0 Å². The lowest BCUT2D eigenvalue weighted by atomic mass is 10.1. The average molecular weight is 279 g/mol. The lowest BCUT2D eigenvalue weighted by Gasteiger charge is -2.02. The van der Waals surface area contributed by atoms with Crippen molar-refractivity contribution in [3.8, 4) is 11.4 Å². The van der Waals surface area contributed by atoms with Crippen LogP contribution in [0.25, 0.3) is 11.4 Å². The van der Waals surface area contributed by atoms with Crippen LogP contribution in [0.3, 0.4) is 0 Å². The summed E-state index contributed by atoms with van der Waals surface area (Å²) in [5.41, 5.74) is 3.29. The van der Waals surface area contributed by atoms with Crippen molar-refractivity contribution in [1.29, 1.82) is 0 Å². The lowest BCUT2D eigenvalue weighted by Crippen LogP contribution is -2.04. The summed E-state index contributed by atoms with van der Waals surface area (Å²) in [4.78, 5) is 4.42. The highest BCUT2D eigenvalue weighted by Crippen LogP contribution is 2.16. The molecule has 0 saturated carbocycles. The Kier molecular flexibility index (Phi) is 3.96. The molecular weight excluding hydrogens is 262 g/mol. The molecule has 1 aromatic heterocycles. The van der Waals surface area contributed by atoms with Crippen molar-refractivity contribution in [3.63, 3.8) is 0 Å². The molecule has 0 amide bonds. The van der Waals surface area contributed by atoms with E-state index in [1.54, 1.807) is 0 Å². The Morgan fingerprint density at radius 3 is 2.52 bits per heavy atom. The highest BCUT2D eigenvalue weighted by atomic mass is 16.5. The Bertz CT molecular complexity index is 690. The Hall–Kier alpha value is -2.62. The van der Waals surface area contributed by atoms with Gasteiger partial charge in [0.25, 0.3) is 0 Å². The van der Waals surface area contributed by atoms with Crippen LogP contribution in [0.1, 0.15) is 11.5 Å². The van der Waals surface area contributed by atoms with E-state index in [9.17, 15) is 0 Å². The Balaban J connectivity index is 1.59. The van der Waals surface area contributed by atoms with Crippen LogP contribution in [0.4, 0.5) is 5.69 Å². The molecule has 106 valence electrons. The molecule has 3 aromatic rings. The van der Waals surface area contributed by atoms with Crippen LogP contribution in [0, 0.1) is 6.92 Å². The molecule has 0 atom stereocenters. The molecule has 1 heterocycles. The second-order valence-corrected chi connectivity index (χ2v) is 4.92. The van der Waals surface area contributed by atoms with E-state index in [0.717, 1.165) is 17.8 Å². The average Bonchev–Trinajstić information content (AvgIpc) is 2.98. The van der Waals surface area contributed by atoms with Crippen LogP contribution in [0.15, 0.2) is 59.1 Å². The summed E-state index contributed by atoms with van der Waals surface area (Å²) in [5.74, 6) is 1.29. The van der Waals surface area contributed by atoms with Crippen molar-refractivity contribution >= 4 is 5.69 Å². The number of hydrogen-bond acceptors (Lipinski definition) is 4. The summed E-state index contributed by atoms with van der Waals surface area (Å²) in [6.07, 6.45) is 0.702. The van der Waals surface area contributed by atoms with Crippen LogP contribution < -0.4 is 5.32 Å². The minimum absolute atomic E-state index is 0.643. The van der Waals surface area contributed by atoms with Gasteiger partial charge in [-0.2, -0.15) is 4.98 Å². The van der Waals surface area contributed by atoms with Gasteiger partial charge in [-0.1, -0.05) is 53.2 Å². The zero-order valence-electron chi connectivity index (χ0n) is 11.9. The molecule has 0 aliphatic carbocycles. The van der Waals surface area contributed by atoms with Gasteiger partial charge < -0.3 is 9.84 Å². The first-order valence-corrected chi connectivity index (χ1v) is 7.00. The van der Waals surface area contributed by atoms with E-state index in [1.807, 2.05) is 54.6 Å². The van der Waals surface area contributed by atoms with Crippen LogP contribution in [-0.4, -0.2) is 16.7 Å². The number of hydrogen-bond donors (Lipinski definition) is 1. The molecule has 21 heavy (non-hydrogen) atoms. The molecule has 3 rings (SSSR count). The summed E-state index contributed by atoms with van der Waals surface area (Å²) >= 11 is 0. The minimum Gasteiger partial charge on any atom is -0.385 e. The molecular formula is C17H17N3O. The van der Waals surface area contributed by atoms with E-state index < -0.39 is 0 Å². The second-order valence-electron chi connectivity index (χ2n) is 4.92. The fourth-order valence-corrected chi connectivity index (χ4v) is 2.05. The number of para-hydroxylation sites is 1. The molecule has 0 unspecified atom stereocenters. The van der Waals surface area contributed by atoms with Gasteiger partial charge in [-0.05, 0) is 19.1 Å². The standard InChI is InChI=1S/C17H17N3O/c1-13-7-9-14(10-8-13)17-19-16(21-20-17)11-12-18-15-5-3-2-4-6-15/h2-10,18H,11-12H2,1H3. The smallest absolute Gasteiger partial charge is 0.228 e. The first-order chi connectivity index (χ1) is 10.3. The van der Waals surface area contributed by atoms with Crippen molar-refractivity contribution in [2.75, 3.05) is 11.9 Å². The van der Waals surface area contributed by atoms with Gasteiger partial charge in [0, 0.05) is 24.2 Å². The van der Waals surface area contributed by atoms with E-state index in [4.69, 9.17) is 4.52 Å². The molecule has 0 fully saturated rings. The Morgan fingerprint density at radius 2 is 1.76 bits per heavy atom. The van der Waals surface area contributed by atoms with Gasteiger partial charge in [0.1, 0.15) is 0 Å². The minimum atomic E-state index is 0.643. The fourth-order valence-electron chi connectivity index (χ4n) is 2.05. The number of benzene rings is 2. The van der Waals surface area contributed by atoms with Gasteiger partial charge in [0.05, 0.1) is 0 Å². The van der Waals surface area contributed by atoms with Gasteiger partial charge >= 0.3 is 0 Å². The zero-order chi connectivity index (χ0) is 14.5. The SMILES string of the molecule is Cc1ccc(-c2noc(CCNc3ccccc3)n2)cc1. The molecule has 0 bridgehead atoms. The molecule has 0 aliphatic rings. The third kappa shape index (κ3) is 3.48. The van der Waals surface area contributed by atoms with Crippen LogP contribution in [0.2, 0.25) is 0 Å². The predicted octanol–water partition coefficient (Wildman–Crippen LogP) is 3.70. The van der Waals surface area contributed by atoms with Crippen molar-refractivity contribution < 1.29 is 4.52 Å². The monoisotopic (exact) mass is 279 g/mol. The van der Waals surface area contributed by atoms with E-state index in [1.165, 1.54) is 5.56 Å². The first kappa shape index (κ1) is 13.4. The molecule has 4 nitrogen and oxygen atoms in total. The van der Waals surface area contributed by atoms with E-state index >= 15 is 0 Å². The van der Waals surface area contributed by atoms with E-state index in [2.05, 4.69) is 22.4 Å². The first-order valence-electron chi connectivity index (χ1n) is 7.00. The highest BCUT2D eigenvalue weighted by molar-refractivity contribution is 5.54. The van der Waals surface area contributed by atoms with Crippen LogP contribution in [-0.2, 0) is 6.42 Å².